The van der Waals surface area contributed by atoms with Gasteiger partial charge in [0.15, 0.2) is 0 Å². The molecule has 1 fully saturated rings. The zero-order valence-corrected chi connectivity index (χ0v) is 5.67. The van der Waals surface area contributed by atoms with Crippen LogP contribution in [0.1, 0.15) is 25.7 Å². The molecule has 56 valence electrons. The fourth-order valence-corrected chi connectivity index (χ4v) is 0.976. The number of carbonyl (C=O) groups is 1. The zero-order valence-electron chi connectivity index (χ0n) is 5.67. The molecule has 0 aliphatic carbocycles. The van der Waals surface area contributed by atoms with Crippen molar-refractivity contribution in [2.75, 3.05) is 0 Å². The molecule has 1 saturated heterocycles. The van der Waals surface area contributed by atoms with Crippen LogP contribution in [0.4, 0.5) is 0 Å². The number of carboxylic acid groups (broad SMARTS) is 1. The molecule has 3 nitrogen and oxygen atoms in total. The van der Waals surface area contributed by atoms with Gasteiger partial charge < -0.3 is 9.84 Å². The third kappa shape index (κ3) is 2.35. The Morgan fingerprint density at radius 2 is 2.60 bits per heavy atom. The van der Waals surface area contributed by atoms with Gasteiger partial charge in [-0.3, -0.25) is 4.79 Å². The first-order valence-corrected chi connectivity index (χ1v) is 3.39. The summed E-state index contributed by atoms with van der Waals surface area (Å²) in [5.74, 6) is -0.797. The minimum Gasteiger partial charge on any atom is -0.481 e. The summed E-state index contributed by atoms with van der Waals surface area (Å²) in [7, 11) is 0. The zero-order chi connectivity index (χ0) is 7.40. The van der Waals surface area contributed by atoms with Crippen molar-refractivity contribution in [3.05, 3.63) is 6.61 Å². The maximum atomic E-state index is 10.2. The highest BCUT2D eigenvalue weighted by atomic mass is 16.5. The molecule has 0 aromatic carbocycles. The van der Waals surface area contributed by atoms with E-state index in [0.717, 1.165) is 19.3 Å². The van der Waals surface area contributed by atoms with Gasteiger partial charge in [0.1, 0.15) is 6.61 Å². The number of rotatable bonds is 2. The molecular weight excluding hydrogens is 132 g/mol. The molecule has 1 rings (SSSR count). The van der Waals surface area contributed by atoms with Crippen molar-refractivity contribution in [2.45, 2.75) is 31.8 Å². The van der Waals surface area contributed by atoms with Gasteiger partial charge in [0.2, 0.25) is 0 Å². The van der Waals surface area contributed by atoms with Crippen LogP contribution in [0.5, 0.6) is 0 Å². The van der Waals surface area contributed by atoms with Gasteiger partial charge in [-0.1, -0.05) is 0 Å². The Labute approximate surface area is 60.0 Å². The molecule has 1 heterocycles. The first-order valence-electron chi connectivity index (χ1n) is 3.39. The van der Waals surface area contributed by atoms with E-state index in [-0.39, 0.29) is 12.5 Å². The van der Waals surface area contributed by atoms with Crippen molar-refractivity contribution < 1.29 is 14.6 Å². The lowest BCUT2D eigenvalue weighted by Gasteiger charge is -2.19. The molecule has 0 aromatic heterocycles. The Bertz CT molecular complexity index is 116. The molecule has 1 aliphatic heterocycles. The van der Waals surface area contributed by atoms with Gasteiger partial charge in [0.25, 0.3) is 0 Å². The Morgan fingerprint density at radius 3 is 3.10 bits per heavy atom. The predicted molar refractivity (Wildman–Crippen MR) is 34.2 cm³/mol. The minimum atomic E-state index is -0.797. The van der Waals surface area contributed by atoms with Crippen LogP contribution in [0.3, 0.4) is 0 Å². The van der Waals surface area contributed by atoms with Crippen molar-refractivity contribution >= 4 is 5.97 Å². The van der Waals surface area contributed by atoms with E-state index in [9.17, 15) is 4.79 Å². The Kier molecular flexibility index (Phi) is 2.68. The van der Waals surface area contributed by atoms with Gasteiger partial charge in [-0.2, -0.15) is 0 Å². The quantitative estimate of drug-likeness (QED) is 0.627. The van der Waals surface area contributed by atoms with Crippen LogP contribution in [0.2, 0.25) is 0 Å². The molecule has 0 spiro atoms. The van der Waals surface area contributed by atoms with E-state index in [1.807, 2.05) is 0 Å². The maximum absolute atomic E-state index is 10.2. The molecule has 0 amide bonds. The molecule has 1 N–H and O–H groups in total. The molecule has 0 bridgehead atoms. The minimum absolute atomic E-state index is 0.104. The average molecular weight is 142 g/mol. The van der Waals surface area contributed by atoms with Crippen LogP contribution in [-0.4, -0.2) is 17.2 Å². The lowest BCUT2D eigenvalue weighted by molar-refractivity contribution is -0.140. The SMILES string of the molecule is O=C(O)CC1CCC[C]O1. The van der Waals surface area contributed by atoms with Crippen LogP contribution in [0.15, 0.2) is 0 Å². The Balaban J connectivity index is 2.19. The smallest absolute Gasteiger partial charge is 0.305 e. The van der Waals surface area contributed by atoms with Crippen molar-refractivity contribution in [3.63, 3.8) is 0 Å². The molecular formula is C7H10O3. The van der Waals surface area contributed by atoms with Crippen LogP contribution in [0, 0.1) is 6.61 Å². The van der Waals surface area contributed by atoms with Crippen LogP contribution in [0.25, 0.3) is 0 Å². The van der Waals surface area contributed by atoms with Crippen LogP contribution >= 0.6 is 0 Å². The van der Waals surface area contributed by atoms with E-state index in [0.29, 0.717) is 0 Å². The summed E-state index contributed by atoms with van der Waals surface area (Å²) in [6, 6.07) is 0. The largest absolute Gasteiger partial charge is 0.481 e. The summed E-state index contributed by atoms with van der Waals surface area (Å²) in [5, 5.41) is 8.36. The molecule has 3 heteroatoms. The third-order valence-electron chi connectivity index (χ3n) is 1.46. The monoisotopic (exact) mass is 142 g/mol. The molecule has 2 radical (unpaired) electrons. The summed E-state index contributed by atoms with van der Waals surface area (Å²) in [6.07, 6.45) is 2.65. The number of aliphatic carboxylic acids is 1. The highest BCUT2D eigenvalue weighted by molar-refractivity contribution is 5.67. The van der Waals surface area contributed by atoms with Crippen molar-refractivity contribution in [3.8, 4) is 0 Å². The number of hydrogen-bond acceptors (Lipinski definition) is 2. The molecule has 10 heavy (non-hydrogen) atoms. The topological polar surface area (TPSA) is 46.5 Å². The van der Waals surface area contributed by atoms with Gasteiger partial charge in [-0.05, 0) is 19.3 Å². The van der Waals surface area contributed by atoms with E-state index in [4.69, 9.17) is 9.84 Å². The maximum Gasteiger partial charge on any atom is 0.305 e. The average Bonchev–Trinajstić information content (AvgIpc) is 1.88. The van der Waals surface area contributed by atoms with E-state index >= 15 is 0 Å². The van der Waals surface area contributed by atoms with E-state index < -0.39 is 5.97 Å². The van der Waals surface area contributed by atoms with Gasteiger partial charge >= 0.3 is 5.97 Å². The molecule has 1 unspecified atom stereocenters. The van der Waals surface area contributed by atoms with Crippen molar-refractivity contribution in [2.24, 2.45) is 0 Å². The first kappa shape index (κ1) is 7.54. The summed E-state index contributed by atoms with van der Waals surface area (Å²) in [6.45, 7) is 2.68. The number of carboxylic acids is 1. The standard InChI is InChI=1S/C7H10O3/c8-7(9)5-6-3-1-2-4-10-6/h6H,1-3,5H2,(H,8,9). The predicted octanol–water partition coefficient (Wildman–Crippen LogP) is 1.07. The lowest BCUT2D eigenvalue weighted by Crippen LogP contribution is -2.19. The van der Waals surface area contributed by atoms with E-state index in [1.54, 1.807) is 0 Å². The Morgan fingerprint density at radius 1 is 1.80 bits per heavy atom. The fourth-order valence-electron chi connectivity index (χ4n) is 0.976. The number of hydrogen-bond donors (Lipinski definition) is 1. The van der Waals surface area contributed by atoms with Gasteiger partial charge in [-0.25, -0.2) is 0 Å². The normalized spacial score (nSPS) is 26.2. The molecule has 0 aromatic rings. The number of ether oxygens (including phenoxy) is 1. The van der Waals surface area contributed by atoms with E-state index in [1.165, 1.54) is 0 Å². The Hall–Kier alpha value is -0.570. The van der Waals surface area contributed by atoms with Gasteiger partial charge in [0.05, 0.1) is 12.5 Å². The lowest BCUT2D eigenvalue weighted by atomic mass is 10.1. The second-order valence-corrected chi connectivity index (χ2v) is 2.37. The summed E-state index contributed by atoms with van der Waals surface area (Å²) >= 11 is 0. The second kappa shape index (κ2) is 3.56. The van der Waals surface area contributed by atoms with Crippen LogP contribution in [-0.2, 0) is 9.53 Å². The highest BCUT2D eigenvalue weighted by Gasteiger charge is 2.17. The molecule has 0 saturated carbocycles. The van der Waals surface area contributed by atoms with Crippen molar-refractivity contribution in [1.82, 2.24) is 0 Å². The fraction of sp³-hybridized carbons (Fsp3) is 0.714. The van der Waals surface area contributed by atoms with Crippen molar-refractivity contribution in [1.29, 1.82) is 0 Å². The highest BCUT2D eigenvalue weighted by Crippen LogP contribution is 2.17. The summed E-state index contributed by atoms with van der Waals surface area (Å²) < 4.78 is 4.96. The second-order valence-electron chi connectivity index (χ2n) is 2.37. The van der Waals surface area contributed by atoms with Gasteiger partial charge in [0, 0.05) is 0 Å². The summed E-state index contributed by atoms with van der Waals surface area (Å²) in [5.41, 5.74) is 0. The van der Waals surface area contributed by atoms with E-state index in [2.05, 4.69) is 6.61 Å². The molecule has 1 aliphatic rings. The summed E-state index contributed by atoms with van der Waals surface area (Å²) in [4.78, 5) is 10.2. The van der Waals surface area contributed by atoms with Crippen LogP contribution < -0.4 is 0 Å². The van der Waals surface area contributed by atoms with Gasteiger partial charge in [-0.15, -0.1) is 0 Å². The first-order chi connectivity index (χ1) is 4.79. The third-order valence-corrected chi connectivity index (χ3v) is 1.46. The molecule has 1 atom stereocenters.